The van der Waals surface area contributed by atoms with Gasteiger partial charge in [0.1, 0.15) is 5.75 Å². The molecule has 0 heterocycles. The van der Waals surface area contributed by atoms with Gasteiger partial charge < -0.3 is 10.4 Å². The van der Waals surface area contributed by atoms with Crippen molar-refractivity contribution in [1.29, 1.82) is 0 Å². The number of aromatic hydroxyl groups is 1. The van der Waals surface area contributed by atoms with Crippen LogP contribution < -0.4 is 10.0 Å². The van der Waals surface area contributed by atoms with Crippen LogP contribution in [0, 0.1) is 0 Å². The standard InChI is InChI=1S/C19H15ClN2O4S/c20-17-12-15(8-11-18(17)23)21-19(24)13-6-9-16(10-7-13)27(25,26)22-14-4-2-1-3-5-14/h1-12,22-23H,(H,21,24). The Labute approximate surface area is 161 Å². The summed E-state index contributed by atoms with van der Waals surface area (Å²) in [5.41, 5.74) is 1.13. The second-order valence-electron chi connectivity index (χ2n) is 5.62. The second kappa shape index (κ2) is 7.69. The maximum atomic E-state index is 12.4. The van der Waals surface area contributed by atoms with Gasteiger partial charge in [-0.3, -0.25) is 9.52 Å². The van der Waals surface area contributed by atoms with E-state index in [2.05, 4.69) is 10.0 Å². The number of hydrogen-bond donors (Lipinski definition) is 3. The molecule has 0 radical (unpaired) electrons. The molecule has 0 aliphatic carbocycles. The number of carbonyl (C=O) groups excluding carboxylic acids is 1. The molecule has 3 aromatic rings. The van der Waals surface area contributed by atoms with Crippen LogP contribution in [0.3, 0.4) is 0 Å². The van der Waals surface area contributed by atoms with Crippen LogP contribution in [0.25, 0.3) is 0 Å². The molecule has 0 aromatic heterocycles. The summed E-state index contributed by atoms with van der Waals surface area (Å²) in [6.45, 7) is 0. The molecule has 0 aliphatic heterocycles. The minimum atomic E-state index is -3.75. The minimum absolute atomic E-state index is 0.0376. The predicted molar refractivity (Wildman–Crippen MR) is 105 cm³/mol. The van der Waals surface area contributed by atoms with E-state index in [-0.39, 0.29) is 21.2 Å². The van der Waals surface area contributed by atoms with Crippen LogP contribution in [0.5, 0.6) is 5.75 Å². The van der Waals surface area contributed by atoms with Crippen LogP contribution in [0.15, 0.2) is 77.7 Å². The lowest BCUT2D eigenvalue weighted by Gasteiger charge is -2.09. The summed E-state index contributed by atoms with van der Waals surface area (Å²) in [5, 5.41) is 12.1. The molecule has 27 heavy (non-hydrogen) atoms. The zero-order valence-corrected chi connectivity index (χ0v) is 15.5. The highest BCUT2D eigenvalue weighted by molar-refractivity contribution is 7.92. The van der Waals surface area contributed by atoms with Gasteiger partial charge in [0.25, 0.3) is 15.9 Å². The number of anilines is 2. The number of nitrogens with one attached hydrogen (secondary N) is 2. The van der Waals surface area contributed by atoms with Crippen molar-refractivity contribution in [3.63, 3.8) is 0 Å². The molecule has 1 amide bonds. The Kier molecular flexibility index (Phi) is 5.34. The Morgan fingerprint density at radius 1 is 0.889 bits per heavy atom. The van der Waals surface area contributed by atoms with Crippen molar-refractivity contribution in [2.24, 2.45) is 0 Å². The number of hydrogen-bond acceptors (Lipinski definition) is 4. The summed E-state index contributed by atoms with van der Waals surface area (Å²) >= 11 is 5.81. The normalized spacial score (nSPS) is 11.0. The van der Waals surface area contributed by atoms with Gasteiger partial charge in [-0.2, -0.15) is 0 Å². The molecule has 0 saturated heterocycles. The average Bonchev–Trinajstić information content (AvgIpc) is 2.65. The first kappa shape index (κ1) is 18.8. The van der Waals surface area contributed by atoms with Crippen LogP contribution >= 0.6 is 11.6 Å². The van der Waals surface area contributed by atoms with Crippen molar-refractivity contribution in [2.75, 3.05) is 10.0 Å². The molecule has 0 bridgehead atoms. The zero-order valence-electron chi connectivity index (χ0n) is 13.9. The smallest absolute Gasteiger partial charge is 0.261 e. The molecule has 8 heteroatoms. The Hall–Kier alpha value is -3.03. The van der Waals surface area contributed by atoms with Crippen molar-refractivity contribution in [2.45, 2.75) is 4.90 Å². The third-order valence-electron chi connectivity index (χ3n) is 3.66. The van der Waals surface area contributed by atoms with Crippen molar-refractivity contribution in [1.82, 2.24) is 0 Å². The maximum Gasteiger partial charge on any atom is 0.261 e. The van der Waals surface area contributed by atoms with Crippen LogP contribution in [-0.4, -0.2) is 19.4 Å². The van der Waals surface area contributed by atoms with Gasteiger partial charge in [0.2, 0.25) is 0 Å². The molecule has 6 nitrogen and oxygen atoms in total. The molecule has 0 atom stereocenters. The predicted octanol–water partition coefficient (Wildman–Crippen LogP) is 4.10. The Morgan fingerprint density at radius 2 is 1.56 bits per heavy atom. The fourth-order valence-electron chi connectivity index (χ4n) is 2.29. The fraction of sp³-hybridized carbons (Fsp3) is 0. The van der Waals surface area contributed by atoms with Gasteiger partial charge in [-0.05, 0) is 54.6 Å². The van der Waals surface area contributed by atoms with Gasteiger partial charge in [0, 0.05) is 16.9 Å². The van der Waals surface area contributed by atoms with Crippen molar-refractivity contribution >= 4 is 38.9 Å². The third-order valence-corrected chi connectivity index (χ3v) is 5.36. The lowest BCUT2D eigenvalue weighted by molar-refractivity contribution is 0.102. The highest BCUT2D eigenvalue weighted by Crippen LogP contribution is 2.26. The summed E-state index contributed by atoms with van der Waals surface area (Å²) in [5.74, 6) is -0.521. The monoisotopic (exact) mass is 402 g/mol. The van der Waals surface area contributed by atoms with E-state index in [0.717, 1.165) is 0 Å². The summed E-state index contributed by atoms with van der Waals surface area (Å²) in [7, 11) is -3.75. The van der Waals surface area contributed by atoms with E-state index in [1.807, 2.05) is 0 Å². The molecule has 138 valence electrons. The highest BCUT2D eigenvalue weighted by atomic mass is 35.5. The number of sulfonamides is 1. The first-order chi connectivity index (χ1) is 12.8. The molecule has 0 spiro atoms. The van der Waals surface area contributed by atoms with E-state index < -0.39 is 15.9 Å². The van der Waals surface area contributed by atoms with Crippen LogP contribution in [0.1, 0.15) is 10.4 Å². The third kappa shape index (κ3) is 4.58. The quantitative estimate of drug-likeness (QED) is 0.560. The highest BCUT2D eigenvalue weighted by Gasteiger charge is 2.15. The summed E-state index contributed by atoms with van der Waals surface area (Å²) in [6.07, 6.45) is 0. The fourth-order valence-corrected chi connectivity index (χ4v) is 3.53. The zero-order chi connectivity index (χ0) is 19.4. The van der Waals surface area contributed by atoms with E-state index in [9.17, 15) is 18.3 Å². The molecule has 3 N–H and O–H groups in total. The van der Waals surface area contributed by atoms with Crippen molar-refractivity contribution in [3.8, 4) is 5.75 Å². The van der Waals surface area contributed by atoms with E-state index in [1.165, 1.54) is 42.5 Å². The molecular formula is C19H15ClN2O4S. The van der Waals surface area contributed by atoms with Gasteiger partial charge in [-0.1, -0.05) is 29.8 Å². The van der Waals surface area contributed by atoms with Gasteiger partial charge in [0.15, 0.2) is 0 Å². The van der Waals surface area contributed by atoms with E-state index in [1.54, 1.807) is 30.3 Å². The average molecular weight is 403 g/mol. The van der Waals surface area contributed by atoms with Gasteiger partial charge in [0.05, 0.1) is 9.92 Å². The van der Waals surface area contributed by atoms with Crippen LogP contribution in [0.4, 0.5) is 11.4 Å². The molecule has 0 fully saturated rings. The van der Waals surface area contributed by atoms with E-state index >= 15 is 0 Å². The van der Waals surface area contributed by atoms with E-state index in [4.69, 9.17) is 11.6 Å². The second-order valence-corrected chi connectivity index (χ2v) is 7.71. The summed E-state index contributed by atoms with van der Waals surface area (Å²) in [6, 6.07) is 18.3. The molecular weight excluding hydrogens is 388 g/mol. The first-order valence-corrected chi connectivity index (χ1v) is 9.69. The number of benzene rings is 3. The van der Waals surface area contributed by atoms with Crippen molar-refractivity contribution < 1.29 is 18.3 Å². The minimum Gasteiger partial charge on any atom is -0.506 e. The lowest BCUT2D eigenvalue weighted by Crippen LogP contribution is -2.14. The largest absolute Gasteiger partial charge is 0.506 e. The summed E-state index contributed by atoms with van der Waals surface area (Å²) in [4.78, 5) is 12.3. The SMILES string of the molecule is O=C(Nc1ccc(O)c(Cl)c1)c1ccc(S(=O)(=O)Nc2ccccc2)cc1. The molecule has 3 rings (SSSR count). The molecule has 0 saturated carbocycles. The number of phenols is 1. The van der Waals surface area contributed by atoms with Gasteiger partial charge in [-0.15, -0.1) is 0 Å². The Balaban J connectivity index is 1.74. The number of rotatable bonds is 5. The maximum absolute atomic E-state index is 12.4. The Bertz CT molecular complexity index is 1070. The van der Waals surface area contributed by atoms with Gasteiger partial charge in [-0.25, -0.2) is 8.42 Å². The first-order valence-electron chi connectivity index (χ1n) is 7.83. The Morgan fingerprint density at radius 3 is 2.19 bits per heavy atom. The number of carbonyl (C=O) groups is 1. The van der Waals surface area contributed by atoms with Crippen LogP contribution in [-0.2, 0) is 10.0 Å². The summed E-state index contributed by atoms with van der Waals surface area (Å²) < 4.78 is 27.3. The van der Waals surface area contributed by atoms with Gasteiger partial charge >= 0.3 is 0 Å². The molecule has 0 aliphatic rings. The van der Waals surface area contributed by atoms with Crippen molar-refractivity contribution in [3.05, 3.63) is 83.4 Å². The number of phenolic OH excluding ortho intramolecular Hbond substituents is 1. The number of para-hydroxylation sites is 1. The topological polar surface area (TPSA) is 95.5 Å². The van der Waals surface area contributed by atoms with E-state index in [0.29, 0.717) is 11.4 Å². The van der Waals surface area contributed by atoms with Crippen LogP contribution in [0.2, 0.25) is 5.02 Å². The number of amides is 1. The number of halogens is 1. The molecule has 3 aromatic carbocycles. The lowest BCUT2D eigenvalue weighted by atomic mass is 10.2. The molecule has 0 unspecified atom stereocenters.